The first kappa shape index (κ1) is 39.8. The summed E-state index contributed by atoms with van der Waals surface area (Å²) in [6, 6.07) is 16.0. The Morgan fingerprint density at radius 2 is 1.38 bits per heavy atom. The molecule has 0 atom stereocenters. The number of aliphatic imine (C=N–C) groups is 1. The zero-order valence-electron chi connectivity index (χ0n) is 29.6. The monoisotopic (exact) mass is 659 g/mol. The molecule has 2 fully saturated rings. The van der Waals surface area contributed by atoms with Crippen LogP contribution >= 0.6 is 0 Å². The van der Waals surface area contributed by atoms with Gasteiger partial charge in [0.15, 0.2) is 0 Å². The number of isocyanates is 1. The van der Waals surface area contributed by atoms with Crippen molar-refractivity contribution in [2.24, 2.45) is 4.99 Å². The standard InChI is InChI=1S/C20H27NO3.C13H15NO.C6H11NO2/c1-15(2)16-7-5-8-17(13-16)20(3,4)14-19(23)24-12-11-21-10-6-9-18(21)22;1-10(2)11-6-5-7-12(8-11)13(3,4)14-9-15;8-5-4-7-3-1-2-6(7)9/h5,7-8,13H,1,6,9-12,14H2,2-4H3;5-8H,1H2,2-4H3;8H,1-5H2. The number of hydrogen-bond acceptors (Lipinski definition) is 7. The number of aliphatic hydroxyl groups excluding tert-OH is 1. The van der Waals surface area contributed by atoms with E-state index < -0.39 is 5.54 Å². The van der Waals surface area contributed by atoms with Crippen LogP contribution in [0.1, 0.15) is 95.9 Å². The number of hydrogen-bond donors (Lipinski definition) is 1. The Morgan fingerprint density at radius 1 is 0.875 bits per heavy atom. The van der Waals surface area contributed by atoms with E-state index >= 15 is 0 Å². The smallest absolute Gasteiger partial charge is 0.306 e. The fourth-order valence-electron chi connectivity index (χ4n) is 5.33. The molecule has 2 aliphatic heterocycles. The molecule has 0 unspecified atom stereocenters. The average Bonchev–Trinajstić information content (AvgIpc) is 3.64. The molecule has 0 spiro atoms. The van der Waals surface area contributed by atoms with Gasteiger partial charge in [0.2, 0.25) is 17.9 Å². The number of likely N-dealkylation sites (tertiary alicyclic amines) is 2. The Morgan fingerprint density at radius 3 is 1.83 bits per heavy atom. The van der Waals surface area contributed by atoms with Crippen molar-refractivity contribution in [3.05, 3.63) is 83.9 Å². The number of carbonyl (C=O) groups excluding carboxylic acids is 4. The molecule has 260 valence electrons. The second-order valence-corrected chi connectivity index (χ2v) is 13.5. The number of nitrogens with zero attached hydrogens (tertiary/aromatic N) is 3. The maximum Gasteiger partial charge on any atom is 0.306 e. The number of aliphatic hydroxyl groups is 1. The van der Waals surface area contributed by atoms with Crippen LogP contribution in [0, 0.1) is 0 Å². The lowest BCUT2D eigenvalue weighted by molar-refractivity contribution is -0.146. The molecule has 0 saturated carbocycles. The van der Waals surface area contributed by atoms with Crippen molar-refractivity contribution in [3.63, 3.8) is 0 Å². The normalized spacial score (nSPS) is 14.3. The Labute approximate surface area is 286 Å². The van der Waals surface area contributed by atoms with E-state index in [-0.39, 0.29) is 36.4 Å². The minimum atomic E-state index is -0.521. The lowest BCUT2D eigenvalue weighted by atomic mass is 9.80. The SMILES string of the molecule is C=C(C)c1cccc(C(C)(C)CC(=O)OCCN2CCCC2=O)c1.C=C(C)c1cccc(C(C)(C)N=C=O)c1.O=C1CCCN1CCO. The highest BCUT2D eigenvalue weighted by molar-refractivity contribution is 5.78. The molecule has 2 saturated heterocycles. The zero-order chi connectivity index (χ0) is 35.9. The van der Waals surface area contributed by atoms with Crippen molar-refractivity contribution in [1.82, 2.24) is 9.80 Å². The highest BCUT2D eigenvalue weighted by Crippen LogP contribution is 2.30. The summed E-state index contributed by atoms with van der Waals surface area (Å²) in [5.41, 5.74) is 5.41. The molecule has 0 bridgehead atoms. The van der Waals surface area contributed by atoms with Crippen LogP contribution in [0.25, 0.3) is 11.1 Å². The van der Waals surface area contributed by atoms with Gasteiger partial charge >= 0.3 is 5.97 Å². The zero-order valence-corrected chi connectivity index (χ0v) is 29.6. The summed E-state index contributed by atoms with van der Waals surface area (Å²) in [6.07, 6.45) is 5.05. The molecule has 2 heterocycles. The molecule has 48 heavy (non-hydrogen) atoms. The van der Waals surface area contributed by atoms with Gasteiger partial charge in [0.1, 0.15) is 6.61 Å². The molecule has 9 heteroatoms. The van der Waals surface area contributed by atoms with Crippen LogP contribution < -0.4 is 0 Å². The predicted molar refractivity (Wildman–Crippen MR) is 191 cm³/mol. The quantitative estimate of drug-likeness (QED) is 0.159. The molecular weight excluding hydrogens is 606 g/mol. The van der Waals surface area contributed by atoms with Crippen molar-refractivity contribution in [3.8, 4) is 0 Å². The van der Waals surface area contributed by atoms with E-state index in [4.69, 9.17) is 9.84 Å². The van der Waals surface area contributed by atoms with Gasteiger partial charge in [0, 0.05) is 37.9 Å². The van der Waals surface area contributed by atoms with Crippen molar-refractivity contribution >= 4 is 35.0 Å². The second-order valence-electron chi connectivity index (χ2n) is 13.5. The molecule has 1 N–H and O–H groups in total. The second kappa shape index (κ2) is 18.9. The summed E-state index contributed by atoms with van der Waals surface area (Å²) in [5, 5.41) is 8.45. The summed E-state index contributed by atoms with van der Waals surface area (Å²) < 4.78 is 5.34. The number of allylic oxidation sites excluding steroid dienone is 2. The van der Waals surface area contributed by atoms with Crippen LogP contribution in [0.5, 0.6) is 0 Å². The van der Waals surface area contributed by atoms with Crippen LogP contribution in [0.4, 0.5) is 0 Å². The largest absolute Gasteiger partial charge is 0.464 e. The Kier molecular flexibility index (Phi) is 15.7. The minimum Gasteiger partial charge on any atom is -0.464 e. The van der Waals surface area contributed by atoms with E-state index in [0.29, 0.717) is 32.4 Å². The number of ether oxygens (including phenoxy) is 1. The lowest BCUT2D eigenvalue weighted by Gasteiger charge is -2.25. The summed E-state index contributed by atoms with van der Waals surface area (Å²) in [4.78, 5) is 52.0. The first-order valence-electron chi connectivity index (χ1n) is 16.5. The van der Waals surface area contributed by atoms with Crippen LogP contribution in [-0.2, 0) is 34.9 Å². The van der Waals surface area contributed by atoms with Gasteiger partial charge < -0.3 is 19.6 Å². The van der Waals surface area contributed by atoms with Crippen LogP contribution in [0.3, 0.4) is 0 Å². The van der Waals surface area contributed by atoms with Gasteiger partial charge in [0.05, 0.1) is 25.1 Å². The fourth-order valence-corrected chi connectivity index (χ4v) is 5.33. The summed E-state index contributed by atoms with van der Waals surface area (Å²) >= 11 is 0. The molecule has 2 aromatic carbocycles. The number of benzene rings is 2. The first-order valence-corrected chi connectivity index (χ1v) is 16.5. The van der Waals surface area contributed by atoms with E-state index in [9.17, 15) is 19.2 Å². The Hall–Kier alpha value is -4.33. The summed E-state index contributed by atoms with van der Waals surface area (Å²) in [5.74, 6) is 0.111. The molecular formula is C39H53N3O6. The number of carbonyl (C=O) groups is 3. The van der Waals surface area contributed by atoms with Gasteiger partial charge in [-0.25, -0.2) is 4.79 Å². The van der Waals surface area contributed by atoms with Gasteiger partial charge in [-0.05, 0) is 68.9 Å². The molecule has 0 aliphatic carbocycles. The maximum atomic E-state index is 12.2. The first-order chi connectivity index (χ1) is 22.6. The number of esters is 1. The maximum absolute atomic E-state index is 12.2. The van der Waals surface area contributed by atoms with Crippen LogP contribution in [0.15, 0.2) is 66.7 Å². The van der Waals surface area contributed by atoms with Gasteiger partial charge in [-0.2, -0.15) is 4.99 Å². The van der Waals surface area contributed by atoms with Gasteiger partial charge in [-0.1, -0.05) is 80.6 Å². The molecule has 2 amide bonds. The topological polar surface area (TPSA) is 117 Å². The lowest BCUT2D eigenvalue weighted by Crippen LogP contribution is -2.30. The van der Waals surface area contributed by atoms with Crippen LogP contribution in [0.2, 0.25) is 0 Å². The van der Waals surface area contributed by atoms with E-state index in [1.807, 2.05) is 84.0 Å². The highest BCUT2D eigenvalue weighted by Gasteiger charge is 2.26. The third-order valence-electron chi connectivity index (χ3n) is 8.45. The molecule has 4 rings (SSSR count). The average molecular weight is 660 g/mol. The molecule has 2 aromatic rings. The molecule has 2 aliphatic rings. The van der Waals surface area contributed by atoms with E-state index in [1.54, 1.807) is 15.9 Å². The predicted octanol–water partition coefficient (Wildman–Crippen LogP) is 6.44. The summed E-state index contributed by atoms with van der Waals surface area (Å²) in [7, 11) is 0. The molecule has 0 aromatic heterocycles. The third-order valence-corrected chi connectivity index (χ3v) is 8.45. The Bertz CT molecular complexity index is 1490. The third kappa shape index (κ3) is 12.7. The van der Waals surface area contributed by atoms with Gasteiger partial charge in [-0.3, -0.25) is 14.4 Å². The number of rotatable bonds is 12. The number of amides is 2. The summed E-state index contributed by atoms with van der Waals surface area (Å²) in [6.45, 7) is 22.6. The van der Waals surface area contributed by atoms with Gasteiger partial charge in [-0.15, -0.1) is 0 Å². The van der Waals surface area contributed by atoms with E-state index in [0.717, 1.165) is 59.3 Å². The van der Waals surface area contributed by atoms with Crippen molar-refractivity contribution in [1.29, 1.82) is 0 Å². The minimum absolute atomic E-state index is 0.0890. The Balaban J connectivity index is 0.000000282. The van der Waals surface area contributed by atoms with Crippen molar-refractivity contribution in [2.75, 3.05) is 39.4 Å². The fraction of sp³-hybridized carbons (Fsp3) is 0.487. The number of β-amino-alcohol motifs (C(OH)–C–C–N with tert-alkyl or cyclic N) is 1. The van der Waals surface area contributed by atoms with E-state index in [1.165, 1.54) is 0 Å². The van der Waals surface area contributed by atoms with E-state index in [2.05, 4.69) is 24.2 Å². The molecule has 9 nitrogen and oxygen atoms in total. The highest BCUT2D eigenvalue weighted by atomic mass is 16.5. The van der Waals surface area contributed by atoms with Crippen molar-refractivity contribution in [2.45, 2.75) is 84.6 Å². The molecule has 0 radical (unpaired) electrons. The van der Waals surface area contributed by atoms with Gasteiger partial charge in [0.25, 0.3) is 0 Å². The van der Waals surface area contributed by atoms with Crippen LogP contribution in [-0.4, -0.2) is 78.2 Å². The van der Waals surface area contributed by atoms with Crippen molar-refractivity contribution < 1.29 is 29.0 Å².